The molecule has 0 N–H and O–H groups in total. The summed E-state index contributed by atoms with van der Waals surface area (Å²) >= 11 is 0. The summed E-state index contributed by atoms with van der Waals surface area (Å²) < 4.78 is 61.7. The lowest BCUT2D eigenvalue weighted by Crippen LogP contribution is -2.79. The molecule has 2 heterocycles. The number of carbonyl (C=O) groups excluding carboxylic acids is 3. The summed E-state index contributed by atoms with van der Waals surface area (Å²) in [6, 6.07) is 8.44. The lowest BCUT2D eigenvalue weighted by molar-refractivity contribution is -0.274. The summed E-state index contributed by atoms with van der Waals surface area (Å²) in [7, 11) is 0. The molecule has 2 fully saturated rings. The minimum Gasteiger partial charge on any atom is -0.483 e. The maximum atomic E-state index is 14.2. The molecule has 2 bridgehead atoms. The molecule has 0 radical (unpaired) electrons. The topological polar surface area (TPSA) is 94.6 Å². The lowest BCUT2D eigenvalue weighted by Gasteiger charge is -2.65. The van der Waals surface area contributed by atoms with Crippen LogP contribution in [0.25, 0.3) is 6.08 Å². The molecule has 4 aliphatic rings. The first kappa shape index (κ1) is 34.5. The summed E-state index contributed by atoms with van der Waals surface area (Å²) in [5, 5.41) is 0. The number of hydrogen-bond donors (Lipinski definition) is 0. The number of amides is 1. The molecule has 2 aliphatic carbocycles. The van der Waals surface area contributed by atoms with E-state index >= 15 is 0 Å². The fourth-order valence-corrected chi connectivity index (χ4v) is 8.83. The molecule has 262 valence electrons. The number of carbonyl (C=O) groups is 3. The number of halogens is 3. The van der Waals surface area contributed by atoms with E-state index in [1.807, 2.05) is 26.0 Å². The predicted molar refractivity (Wildman–Crippen MR) is 174 cm³/mol. The van der Waals surface area contributed by atoms with Crippen LogP contribution in [0, 0.1) is 5.92 Å². The van der Waals surface area contributed by atoms with E-state index in [9.17, 15) is 27.6 Å². The van der Waals surface area contributed by atoms with Crippen LogP contribution in [-0.2, 0) is 31.0 Å². The quantitative estimate of drug-likeness (QED) is 0.131. The molecule has 2 aromatic rings. The number of esters is 2. The third-order valence-corrected chi connectivity index (χ3v) is 10.2. The SMILES string of the molecule is C=CCN1CC[C@]23c4c5ccc(OC(C)=O)c4OC2C(N(CC(C)C)C(=O)/C=C/c2cccc(OC(F)(F)F)c2)CC[C@@]3(OC(C)=O)[C@H]1C5. The molecule has 1 spiro atoms. The Labute approximate surface area is 283 Å². The van der Waals surface area contributed by atoms with Gasteiger partial charge in [-0.25, -0.2) is 0 Å². The Bertz CT molecular complexity index is 1690. The fraction of sp³-hybridized carbons (Fsp3) is 0.486. The number of likely N-dealkylation sites (tertiary alicyclic amines) is 1. The van der Waals surface area contributed by atoms with Gasteiger partial charge in [-0.1, -0.05) is 38.1 Å². The van der Waals surface area contributed by atoms with Crippen molar-refractivity contribution in [2.24, 2.45) is 5.92 Å². The zero-order chi connectivity index (χ0) is 35.3. The van der Waals surface area contributed by atoms with E-state index in [0.29, 0.717) is 56.6 Å². The van der Waals surface area contributed by atoms with Gasteiger partial charge in [-0.2, -0.15) is 0 Å². The zero-order valence-electron chi connectivity index (χ0n) is 28.0. The van der Waals surface area contributed by atoms with E-state index < -0.39 is 41.5 Å². The highest BCUT2D eigenvalue weighted by Gasteiger charge is 2.75. The number of piperidine rings is 1. The van der Waals surface area contributed by atoms with Crippen molar-refractivity contribution in [2.45, 2.75) is 88.9 Å². The molecule has 12 heteroatoms. The highest BCUT2D eigenvalue weighted by Crippen LogP contribution is 2.67. The van der Waals surface area contributed by atoms with E-state index in [1.165, 1.54) is 44.2 Å². The molecule has 1 saturated carbocycles. The Balaban J connectivity index is 1.44. The van der Waals surface area contributed by atoms with Crippen LogP contribution in [0.1, 0.15) is 63.6 Å². The largest absolute Gasteiger partial charge is 0.573 e. The van der Waals surface area contributed by atoms with Gasteiger partial charge in [-0.15, -0.1) is 19.8 Å². The van der Waals surface area contributed by atoms with Gasteiger partial charge in [0.2, 0.25) is 5.91 Å². The Morgan fingerprint density at radius 1 is 1.14 bits per heavy atom. The van der Waals surface area contributed by atoms with Crippen LogP contribution in [0.3, 0.4) is 0 Å². The van der Waals surface area contributed by atoms with Crippen molar-refractivity contribution in [1.29, 1.82) is 0 Å². The van der Waals surface area contributed by atoms with Crippen molar-refractivity contribution in [1.82, 2.24) is 9.80 Å². The second-order valence-electron chi connectivity index (χ2n) is 13.7. The van der Waals surface area contributed by atoms with Gasteiger partial charge in [0.25, 0.3) is 0 Å². The molecular weight excluding hydrogens is 641 g/mol. The summed E-state index contributed by atoms with van der Waals surface area (Å²) in [6.45, 7) is 12.3. The van der Waals surface area contributed by atoms with Crippen LogP contribution in [0.2, 0.25) is 0 Å². The van der Waals surface area contributed by atoms with Crippen LogP contribution >= 0.6 is 0 Å². The summed E-state index contributed by atoms with van der Waals surface area (Å²) in [4.78, 5) is 43.4. The van der Waals surface area contributed by atoms with Crippen molar-refractivity contribution >= 4 is 23.9 Å². The maximum Gasteiger partial charge on any atom is 0.573 e. The Morgan fingerprint density at radius 3 is 2.59 bits per heavy atom. The highest BCUT2D eigenvalue weighted by molar-refractivity contribution is 5.92. The monoisotopic (exact) mass is 682 g/mol. The first-order valence-electron chi connectivity index (χ1n) is 16.6. The number of rotatable bonds is 10. The van der Waals surface area contributed by atoms with E-state index in [4.69, 9.17) is 14.2 Å². The van der Waals surface area contributed by atoms with Gasteiger partial charge in [0.15, 0.2) is 11.5 Å². The Hall–Kier alpha value is -4.32. The van der Waals surface area contributed by atoms with Crippen molar-refractivity contribution in [3.63, 3.8) is 0 Å². The van der Waals surface area contributed by atoms with Crippen molar-refractivity contribution < 1.29 is 46.5 Å². The summed E-state index contributed by atoms with van der Waals surface area (Å²) in [5.41, 5.74) is 0.394. The number of ether oxygens (including phenoxy) is 4. The molecule has 2 aromatic carbocycles. The number of benzene rings is 2. The minimum absolute atomic E-state index is 0.0583. The summed E-state index contributed by atoms with van der Waals surface area (Å²) in [5.74, 6) is -0.872. The molecule has 0 aromatic heterocycles. The highest BCUT2D eigenvalue weighted by atomic mass is 19.4. The van der Waals surface area contributed by atoms with Crippen LogP contribution in [0.15, 0.2) is 55.1 Å². The Kier molecular flexibility index (Phi) is 9.06. The molecule has 49 heavy (non-hydrogen) atoms. The van der Waals surface area contributed by atoms with Gasteiger partial charge in [0.1, 0.15) is 17.5 Å². The molecule has 1 amide bonds. The normalized spacial score (nSPS) is 26.9. The predicted octanol–water partition coefficient (Wildman–Crippen LogP) is 5.99. The van der Waals surface area contributed by atoms with Crippen molar-refractivity contribution in [2.75, 3.05) is 19.6 Å². The smallest absolute Gasteiger partial charge is 0.483 e. The fourth-order valence-electron chi connectivity index (χ4n) is 8.83. The van der Waals surface area contributed by atoms with E-state index in [2.05, 4.69) is 16.2 Å². The Morgan fingerprint density at radius 2 is 1.92 bits per heavy atom. The number of alkyl halides is 3. The third kappa shape index (κ3) is 6.08. The van der Waals surface area contributed by atoms with E-state index in [0.717, 1.165) is 11.1 Å². The average molecular weight is 683 g/mol. The lowest BCUT2D eigenvalue weighted by atomic mass is 9.48. The van der Waals surface area contributed by atoms with Gasteiger partial charge in [0, 0.05) is 45.1 Å². The van der Waals surface area contributed by atoms with Crippen molar-refractivity contribution in [3.05, 3.63) is 71.8 Å². The van der Waals surface area contributed by atoms with E-state index in [-0.39, 0.29) is 29.4 Å². The molecular formula is C37H41F3N2O7. The van der Waals surface area contributed by atoms with Crippen LogP contribution in [-0.4, -0.2) is 77.4 Å². The van der Waals surface area contributed by atoms with Gasteiger partial charge in [-0.3, -0.25) is 19.3 Å². The van der Waals surface area contributed by atoms with Gasteiger partial charge < -0.3 is 23.8 Å². The second-order valence-corrected chi connectivity index (χ2v) is 13.7. The zero-order valence-corrected chi connectivity index (χ0v) is 28.0. The molecule has 5 atom stereocenters. The molecule has 6 rings (SSSR count). The molecule has 2 unspecified atom stereocenters. The maximum absolute atomic E-state index is 14.2. The second kappa shape index (κ2) is 12.9. The third-order valence-electron chi connectivity index (χ3n) is 10.2. The first-order valence-corrected chi connectivity index (χ1v) is 16.6. The van der Waals surface area contributed by atoms with Gasteiger partial charge in [0.05, 0.1) is 17.5 Å². The van der Waals surface area contributed by atoms with Gasteiger partial charge in [-0.05, 0) is 67.0 Å². The molecule has 9 nitrogen and oxygen atoms in total. The van der Waals surface area contributed by atoms with Crippen LogP contribution < -0.4 is 14.2 Å². The van der Waals surface area contributed by atoms with E-state index in [1.54, 1.807) is 17.0 Å². The standard InChI is InChI=1S/C37H41F3N2O7/c1-6-17-41-18-16-35-32-26-11-12-29(46-23(4)43)33(32)47-34(35)28(14-15-36(35,30(41)20-26)48-24(5)44)42(21-22(2)3)31(45)13-10-25-8-7-9-27(19-25)49-37(38,39)40/h6-13,19,22,28,30,34H,1,14-18,20-21H2,2-5H3/b13-10+/t28?,30-,34?,35+,36-/m1/s1. The average Bonchev–Trinajstić information content (AvgIpc) is 3.36. The van der Waals surface area contributed by atoms with Crippen molar-refractivity contribution in [3.8, 4) is 17.2 Å². The van der Waals surface area contributed by atoms with Gasteiger partial charge >= 0.3 is 18.3 Å². The van der Waals surface area contributed by atoms with Crippen LogP contribution in [0.4, 0.5) is 13.2 Å². The number of nitrogens with zero attached hydrogens (tertiary/aromatic N) is 2. The number of hydrogen-bond acceptors (Lipinski definition) is 8. The first-order chi connectivity index (χ1) is 23.2. The molecule has 2 aliphatic heterocycles. The molecule has 1 saturated heterocycles. The minimum atomic E-state index is -4.85. The van der Waals surface area contributed by atoms with Crippen LogP contribution in [0.5, 0.6) is 17.2 Å². The summed E-state index contributed by atoms with van der Waals surface area (Å²) in [6.07, 6.45) is 1.21.